The number of phenols is 1. The Bertz CT molecular complexity index is 989. The van der Waals surface area contributed by atoms with Crippen LogP contribution in [0.3, 0.4) is 0 Å². The van der Waals surface area contributed by atoms with E-state index in [4.69, 9.17) is 9.29 Å². The molecule has 0 radical (unpaired) electrons. The maximum absolute atomic E-state index is 12.9. The SMILES string of the molecule is O=C(COC(=O)C(F)(F)S(=O)(=O)O)OCCOc1cccc2c(O)cccc12. The Balaban J connectivity index is 1.81. The van der Waals surface area contributed by atoms with E-state index in [-0.39, 0.29) is 19.0 Å². The van der Waals surface area contributed by atoms with Crippen LogP contribution in [0.5, 0.6) is 11.5 Å². The molecule has 0 heterocycles. The number of fused-ring (bicyclic) bond motifs is 1. The molecule has 0 spiro atoms. The van der Waals surface area contributed by atoms with Crippen molar-refractivity contribution in [1.82, 2.24) is 0 Å². The van der Waals surface area contributed by atoms with E-state index in [1.165, 1.54) is 6.07 Å². The number of hydrogen-bond donors (Lipinski definition) is 2. The Kier molecular flexibility index (Phi) is 6.36. The first-order chi connectivity index (χ1) is 13.0. The lowest BCUT2D eigenvalue weighted by Gasteiger charge is -2.12. The molecule has 2 aromatic rings. The Morgan fingerprint density at radius 3 is 2.32 bits per heavy atom. The number of carbonyl (C=O) groups is 2. The summed E-state index contributed by atoms with van der Waals surface area (Å²) in [6.45, 7) is -1.76. The Morgan fingerprint density at radius 2 is 1.64 bits per heavy atom. The standard InChI is InChI=1S/C16H14F2O9S/c17-16(18,28(22,23)24)15(21)27-9-14(20)26-8-7-25-13-6-2-3-10-11(13)4-1-5-12(10)19/h1-6,19H,7-9H2,(H,22,23,24). The van der Waals surface area contributed by atoms with E-state index in [2.05, 4.69) is 9.47 Å². The van der Waals surface area contributed by atoms with Gasteiger partial charge in [0.2, 0.25) is 0 Å². The van der Waals surface area contributed by atoms with Crippen molar-refractivity contribution in [3.63, 3.8) is 0 Å². The van der Waals surface area contributed by atoms with Crippen molar-refractivity contribution in [2.75, 3.05) is 19.8 Å². The molecule has 2 rings (SSSR count). The highest BCUT2D eigenvalue weighted by Crippen LogP contribution is 2.31. The van der Waals surface area contributed by atoms with E-state index in [0.29, 0.717) is 16.5 Å². The van der Waals surface area contributed by atoms with Crippen LogP contribution in [0.25, 0.3) is 10.8 Å². The van der Waals surface area contributed by atoms with Gasteiger partial charge in [-0.1, -0.05) is 24.3 Å². The normalized spacial score (nSPS) is 11.8. The number of esters is 2. The summed E-state index contributed by atoms with van der Waals surface area (Å²) in [6, 6.07) is 9.74. The molecule has 0 atom stereocenters. The number of aromatic hydroxyl groups is 1. The first-order valence-electron chi connectivity index (χ1n) is 7.55. The lowest BCUT2D eigenvalue weighted by Crippen LogP contribution is -2.39. The number of halogens is 2. The summed E-state index contributed by atoms with van der Waals surface area (Å²) in [5.74, 6) is -3.40. The highest BCUT2D eigenvalue weighted by Gasteiger charge is 2.54. The third-order valence-corrected chi connectivity index (χ3v) is 4.16. The summed E-state index contributed by atoms with van der Waals surface area (Å²) in [5, 5.41) is 5.73. The molecule has 0 fully saturated rings. The summed E-state index contributed by atoms with van der Waals surface area (Å²) < 4.78 is 68.6. The van der Waals surface area contributed by atoms with Crippen LogP contribution in [0.4, 0.5) is 8.78 Å². The van der Waals surface area contributed by atoms with Gasteiger partial charge in [-0.2, -0.15) is 17.2 Å². The summed E-state index contributed by atoms with van der Waals surface area (Å²) in [4.78, 5) is 22.3. The van der Waals surface area contributed by atoms with Gasteiger partial charge in [-0.15, -0.1) is 0 Å². The number of benzene rings is 2. The first-order valence-corrected chi connectivity index (χ1v) is 8.99. The van der Waals surface area contributed by atoms with Crippen molar-refractivity contribution < 1.29 is 50.7 Å². The highest BCUT2D eigenvalue weighted by atomic mass is 32.2. The van der Waals surface area contributed by atoms with E-state index < -0.39 is 33.9 Å². The maximum Gasteiger partial charge on any atom is 0.465 e. The number of carbonyl (C=O) groups excluding carboxylic acids is 2. The third kappa shape index (κ3) is 4.84. The largest absolute Gasteiger partial charge is 0.507 e. The Labute approximate surface area is 157 Å². The molecule has 0 saturated heterocycles. The molecule has 0 aliphatic rings. The zero-order valence-corrected chi connectivity index (χ0v) is 14.8. The fourth-order valence-corrected chi connectivity index (χ4v) is 2.32. The molecule has 0 aromatic heterocycles. The molecule has 0 amide bonds. The molecule has 12 heteroatoms. The molecular formula is C16H14F2O9S. The molecular weight excluding hydrogens is 406 g/mol. The van der Waals surface area contributed by atoms with Gasteiger partial charge in [0.1, 0.15) is 24.7 Å². The van der Waals surface area contributed by atoms with Gasteiger partial charge in [-0.3, -0.25) is 4.55 Å². The summed E-state index contributed by atoms with van der Waals surface area (Å²) in [5.41, 5.74) is 0. The Hall–Kier alpha value is -2.99. The summed E-state index contributed by atoms with van der Waals surface area (Å²) in [7, 11) is -6.02. The third-order valence-electron chi connectivity index (χ3n) is 3.35. The molecule has 2 N–H and O–H groups in total. The number of rotatable bonds is 8. The number of alkyl halides is 2. The van der Waals surface area contributed by atoms with Crippen LogP contribution in [0.15, 0.2) is 36.4 Å². The lowest BCUT2D eigenvalue weighted by molar-refractivity contribution is -0.169. The van der Waals surface area contributed by atoms with Crippen LogP contribution in [-0.2, 0) is 29.2 Å². The highest BCUT2D eigenvalue weighted by molar-refractivity contribution is 7.87. The summed E-state index contributed by atoms with van der Waals surface area (Å²) in [6.07, 6.45) is 0. The molecule has 9 nitrogen and oxygen atoms in total. The van der Waals surface area contributed by atoms with Crippen molar-refractivity contribution >= 4 is 32.8 Å². The summed E-state index contributed by atoms with van der Waals surface area (Å²) >= 11 is 0. The molecule has 0 bridgehead atoms. The van der Waals surface area contributed by atoms with Gasteiger partial charge in [-0.05, 0) is 12.1 Å². The molecule has 152 valence electrons. The predicted octanol–water partition coefficient (Wildman–Crippen LogP) is 1.49. The van der Waals surface area contributed by atoms with E-state index in [1.54, 1.807) is 30.3 Å². The average molecular weight is 420 g/mol. The molecule has 2 aromatic carbocycles. The molecule has 0 aliphatic heterocycles. The first kappa shape index (κ1) is 21.3. The van der Waals surface area contributed by atoms with Crippen LogP contribution in [0, 0.1) is 0 Å². The van der Waals surface area contributed by atoms with Crippen molar-refractivity contribution in [3.8, 4) is 11.5 Å². The van der Waals surface area contributed by atoms with Crippen molar-refractivity contribution in [3.05, 3.63) is 36.4 Å². The van der Waals surface area contributed by atoms with Gasteiger partial charge in [0, 0.05) is 10.8 Å². The van der Waals surface area contributed by atoms with Crippen LogP contribution in [0.1, 0.15) is 0 Å². The van der Waals surface area contributed by atoms with Crippen LogP contribution in [0.2, 0.25) is 0 Å². The second-order valence-corrected chi connectivity index (χ2v) is 6.73. The topological polar surface area (TPSA) is 136 Å². The van der Waals surface area contributed by atoms with Crippen molar-refractivity contribution in [2.24, 2.45) is 0 Å². The number of ether oxygens (including phenoxy) is 3. The van der Waals surface area contributed by atoms with Gasteiger partial charge in [0.15, 0.2) is 6.61 Å². The molecule has 28 heavy (non-hydrogen) atoms. The smallest absolute Gasteiger partial charge is 0.465 e. The van der Waals surface area contributed by atoms with E-state index in [1.807, 2.05) is 0 Å². The minimum Gasteiger partial charge on any atom is -0.507 e. The van der Waals surface area contributed by atoms with Crippen LogP contribution in [-0.4, -0.2) is 55.1 Å². The number of phenolic OH excluding ortho intramolecular Hbond substituents is 1. The minimum absolute atomic E-state index is 0.0536. The van der Waals surface area contributed by atoms with Gasteiger partial charge in [0.05, 0.1) is 0 Å². The van der Waals surface area contributed by atoms with Crippen LogP contribution < -0.4 is 4.74 Å². The van der Waals surface area contributed by atoms with Gasteiger partial charge in [-0.25, -0.2) is 9.59 Å². The van der Waals surface area contributed by atoms with E-state index in [0.717, 1.165) is 0 Å². The van der Waals surface area contributed by atoms with E-state index >= 15 is 0 Å². The molecule has 0 aliphatic carbocycles. The lowest BCUT2D eigenvalue weighted by atomic mass is 10.1. The van der Waals surface area contributed by atoms with E-state index in [9.17, 15) is 31.9 Å². The number of hydrogen-bond acceptors (Lipinski definition) is 8. The predicted molar refractivity (Wildman–Crippen MR) is 89.5 cm³/mol. The maximum atomic E-state index is 12.9. The second-order valence-electron chi connectivity index (χ2n) is 5.27. The van der Waals surface area contributed by atoms with Gasteiger partial charge < -0.3 is 19.3 Å². The molecule has 0 saturated carbocycles. The van der Waals surface area contributed by atoms with Gasteiger partial charge >= 0.3 is 27.3 Å². The second kappa shape index (κ2) is 8.35. The zero-order valence-electron chi connectivity index (χ0n) is 14.0. The average Bonchev–Trinajstić information content (AvgIpc) is 2.62. The van der Waals surface area contributed by atoms with Crippen molar-refractivity contribution in [2.45, 2.75) is 5.25 Å². The fraction of sp³-hybridized carbons (Fsp3) is 0.250. The minimum atomic E-state index is -6.02. The van der Waals surface area contributed by atoms with Crippen LogP contribution >= 0.6 is 0 Å². The monoisotopic (exact) mass is 420 g/mol. The zero-order chi connectivity index (χ0) is 20.9. The van der Waals surface area contributed by atoms with Gasteiger partial charge in [0.25, 0.3) is 0 Å². The van der Waals surface area contributed by atoms with Crippen molar-refractivity contribution in [1.29, 1.82) is 0 Å². The Morgan fingerprint density at radius 1 is 1.00 bits per heavy atom. The fourth-order valence-electron chi connectivity index (χ4n) is 2.05. The molecule has 0 unspecified atom stereocenters. The quantitative estimate of drug-likeness (QED) is 0.370.